The highest BCUT2D eigenvalue weighted by molar-refractivity contribution is 6.16. The van der Waals surface area contributed by atoms with E-state index >= 15 is 0 Å². The van der Waals surface area contributed by atoms with E-state index in [-0.39, 0.29) is 5.82 Å². The molecule has 0 aromatic heterocycles. The molecule has 1 unspecified atom stereocenters. The fourth-order valence-electron chi connectivity index (χ4n) is 3.48. The lowest BCUT2D eigenvalue weighted by Crippen LogP contribution is -2.49. The normalized spacial score (nSPS) is 22.5. The van der Waals surface area contributed by atoms with Crippen LogP contribution in [0.3, 0.4) is 0 Å². The van der Waals surface area contributed by atoms with Gasteiger partial charge in [0.15, 0.2) is 0 Å². The van der Waals surface area contributed by atoms with Crippen molar-refractivity contribution in [3.63, 3.8) is 0 Å². The number of benzene rings is 1. The molecule has 1 aromatic carbocycles. The van der Waals surface area contributed by atoms with Crippen LogP contribution in [0.2, 0.25) is 0 Å². The van der Waals surface area contributed by atoms with Crippen LogP contribution in [-0.2, 0) is 0 Å². The summed E-state index contributed by atoms with van der Waals surface area (Å²) in [7, 11) is 0. The van der Waals surface area contributed by atoms with Crippen LogP contribution in [-0.4, -0.2) is 36.4 Å². The van der Waals surface area contributed by atoms with E-state index in [9.17, 15) is 4.39 Å². The van der Waals surface area contributed by atoms with E-state index in [0.717, 1.165) is 48.7 Å². The Morgan fingerprint density at radius 1 is 1.42 bits per heavy atom. The molecule has 138 valence electrons. The molecule has 0 spiro atoms. The summed E-state index contributed by atoms with van der Waals surface area (Å²) in [6.45, 7) is 9.22. The predicted octanol–water partition coefficient (Wildman–Crippen LogP) is 3.66. The Hall–Kier alpha value is -2.40. The van der Waals surface area contributed by atoms with Gasteiger partial charge in [-0.2, -0.15) is 0 Å². The first-order valence-corrected chi connectivity index (χ1v) is 9.26. The minimum Gasteiger partial charge on any atom is -0.369 e. The third kappa shape index (κ3) is 3.73. The molecule has 2 aliphatic heterocycles. The third-order valence-corrected chi connectivity index (χ3v) is 4.86. The molecule has 1 atom stereocenters. The Labute approximate surface area is 155 Å². The maximum absolute atomic E-state index is 14.5. The quantitative estimate of drug-likeness (QED) is 0.867. The Bertz CT molecular complexity index is 776. The van der Waals surface area contributed by atoms with Gasteiger partial charge in [0.05, 0.1) is 0 Å². The molecule has 0 aliphatic carbocycles. The molecule has 26 heavy (non-hydrogen) atoms. The van der Waals surface area contributed by atoms with Gasteiger partial charge in [-0.15, -0.1) is 0 Å². The summed E-state index contributed by atoms with van der Waals surface area (Å²) >= 11 is 0. The van der Waals surface area contributed by atoms with Gasteiger partial charge in [-0.25, -0.2) is 9.38 Å². The van der Waals surface area contributed by atoms with Gasteiger partial charge in [0.2, 0.25) is 0 Å². The van der Waals surface area contributed by atoms with Gasteiger partial charge in [-0.1, -0.05) is 31.2 Å². The average Bonchev–Trinajstić information content (AvgIpc) is 3.06. The van der Waals surface area contributed by atoms with Crippen molar-refractivity contribution in [1.82, 2.24) is 15.5 Å². The van der Waals surface area contributed by atoms with Crippen LogP contribution in [0.1, 0.15) is 32.8 Å². The molecule has 1 fully saturated rings. The number of nitrogens with zero attached hydrogens (tertiary/aromatic N) is 2. The molecular weight excluding hydrogens is 327 g/mol. The molecule has 2 aliphatic rings. The summed E-state index contributed by atoms with van der Waals surface area (Å²) in [6, 6.07) is 7.27. The van der Waals surface area contributed by atoms with E-state index < -0.39 is 0 Å². The lowest BCUT2D eigenvalue weighted by Gasteiger charge is -2.37. The molecule has 1 saturated heterocycles. The highest BCUT2D eigenvalue weighted by Crippen LogP contribution is 2.33. The lowest BCUT2D eigenvalue weighted by atomic mass is 9.96. The predicted molar refractivity (Wildman–Crippen MR) is 106 cm³/mol. The largest absolute Gasteiger partial charge is 0.369 e. The van der Waals surface area contributed by atoms with Gasteiger partial charge in [-0.05, 0) is 32.5 Å². The van der Waals surface area contributed by atoms with Crippen molar-refractivity contribution < 1.29 is 4.39 Å². The maximum atomic E-state index is 14.5. The van der Waals surface area contributed by atoms with Crippen LogP contribution in [0.5, 0.6) is 0 Å². The summed E-state index contributed by atoms with van der Waals surface area (Å²) < 4.78 is 14.5. The summed E-state index contributed by atoms with van der Waals surface area (Å²) in [5.74, 6) is 0.550. The molecule has 2 N–H and O–H groups in total. The number of nitrogens with one attached hydrogen (secondary N) is 2. The van der Waals surface area contributed by atoms with Gasteiger partial charge in [0.1, 0.15) is 11.7 Å². The molecule has 2 heterocycles. The Morgan fingerprint density at radius 2 is 2.23 bits per heavy atom. The number of piperazine rings is 1. The van der Waals surface area contributed by atoms with Crippen molar-refractivity contribution >= 4 is 11.4 Å². The van der Waals surface area contributed by atoms with E-state index in [1.54, 1.807) is 12.3 Å². The molecule has 5 heteroatoms. The maximum Gasteiger partial charge on any atom is 0.139 e. The first-order chi connectivity index (χ1) is 12.6. The Kier molecular flexibility index (Phi) is 5.89. The summed E-state index contributed by atoms with van der Waals surface area (Å²) in [4.78, 5) is 6.94. The molecule has 3 rings (SSSR count). The van der Waals surface area contributed by atoms with E-state index in [2.05, 4.69) is 41.3 Å². The second-order valence-electron chi connectivity index (χ2n) is 6.66. The van der Waals surface area contributed by atoms with Gasteiger partial charge >= 0.3 is 0 Å². The van der Waals surface area contributed by atoms with Gasteiger partial charge < -0.3 is 15.5 Å². The first-order valence-electron chi connectivity index (χ1n) is 9.26. The van der Waals surface area contributed by atoms with Crippen LogP contribution < -0.4 is 10.6 Å². The topological polar surface area (TPSA) is 39.7 Å². The zero-order valence-electron chi connectivity index (χ0n) is 15.7. The highest BCUT2D eigenvalue weighted by atomic mass is 19.1. The third-order valence-electron chi connectivity index (χ3n) is 4.86. The molecular formula is C21H27FN4. The molecule has 0 bridgehead atoms. The number of aliphatic imine (C=N–C) groups is 1. The molecule has 4 nitrogen and oxygen atoms in total. The fraction of sp³-hybridized carbons (Fsp3) is 0.381. The average molecular weight is 354 g/mol. The monoisotopic (exact) mass is 354 g/mol. The summed E-state index contributed by atoms with van der Waals surface area (Å²) in [5.41, 5.74) is 3.52. The van der Waals surface area contributed by atoms with Crippen molar-refractivity contribution in [2.75, 3.05) is 19.6 Å². The standard InChI is InChI=1S/C21H27FN4/c1-4-5-10-24-21-20(16(3)26-12-11-23-13-15(26)2)18(14-25-21)17-8-6-7-9-19(17)22/h5-10,14-15,23H,4,11-13H2,1-3H3,(H,24,25)/b10-5+,20-16+. The number of hydrogen-bond acceptors (Lipinski definition) is 4. The second-order valence-corrected chi connectivity index (χ2v) is 6.66. The number of amidine groups is 1. The summed E-state index contributed by atoms with van der Waals surface area (Å²) in [6.07, 6.45) is 6.67. The zero-order chi connectivity index (χ0) is 18.5. The SMILES string of the molecule is CC/C=C/NC1=NC=C(c2ccccc2F)/C1=C(/C)N1CCNCC1C. The first kappa shape index (κ1) is 18.4. The Balaban J connectivity index is 2.01. The molecule has 0 radical (unpaired) electrons. The van der Waals surface area contributed by atoms with Crippen molar-refractivity contribution in [1.29, 1.82) is 0 Å². The summed E-state index contributed by atoms with van der Waals surface area (Å²) in [5, 5.41) is 6.70. The van der Waals surface area contributed by atoms with Crippen LogP contribution >= 0.6 is 0 Å². The molecule has 0 amide bonds. The smallest absolute Gasteiger partial charge is 0.139 e. The molecule has 0 saturated carbocycles. The molecule has 1 aromatic rings. The Morgan fingerprint density at radius 3 is 2.96 bits per heavy atom. The van der Waals surface area contributed by atoms with Crippen LogP contribution in [0.15, 0.2) is 59.0 Å². The number of allylic oxidation sites excluding steroid dienone is 2. The highest BCUT2D eigenvalue weighted by Gasteiger charge is 2.27. The minimum absolute atomic E-state index is 0.224. The van der Waals surface area contributed by atoms with Crippen LogP contribution in [0, 0.1) is 5.82 Å². The van der Waals surface area contributed by atoms with E-state index in [0.29, 0.717) is 11.6 Å². The van der Waals surface area contributed by atoms with E-state index in [1.165, 1.54) is 6.07 Å². The van der Waals surface area contributed by atoms with Crippen molar-refractivity contribution in [2.24, 2.45) is 4.99 Å². The number of hydrogen-bond donors (Lipinski definition) is 2. The minimum atomic E-state index is -0.224. The van der Waals surface area contributed by atoms with Crippen molar-refractivity contribution in [2.45, 2.75) is 33.2 Å². The van der Waals surface area contributed by atoms with Crippen molar-refractivity contribution in [3.05, 3.63) is 65.4 Å². The van der Waals surface area contributed by atoms with E-state index in [4.69, 9.17) is 0 Å². The lowest BCUT2D eigenvalue weighted by molar-refractivity contribution is 0.223. The van der Waals surface area contributed by atoms with Crippen molar-refractivity contribution in [3.8, 4) is 0 Å². The van der Waals surface area contributed by atoms with Crippen LogP contribution in [0.25, 0.3) is 5.57 Å². The fourth-order valence-corrected chi connectivity index (χ4v) is 3.48. The van der Waals surface area contributed by atoms with E-state index in [1.807, 2.05) is 24.4 Å². The van der Waals surface area contributed by atoms with Crippen LogP contribution in [0.4, 0.5) is 4.39 Å². The number of rotatable bonds is 4. The van der Waals surface area contributed by atoms with Gasteiger partial charge in [0, 0.05) is 54.3 Å². The zero-order valence-corrected chi connectivity index (χ0v) is 15.7. The van der Waals surface area contributed by atoms with Gasteiger partial charge in [-0.3, -0.25) is 0 Å². The van der Waals surface area contributed by atoms with Gasteiger partial charge in [0.25, 0.3) is 0 Å². The second kappa shape index (κ2) is 8.32. The number of halogens is 1.